The lowest BCUT2D eigenvalue weighted by molar-refractivity contribution is 0.0591. The maximum absolute atomic E-state index is 12.6. The third-order valence-corrected chi connectivity index (χ3v) is 2.56. The van der Waals surface area contributed by atoms with Gasteiger partial charge in [-0.2, -0.15) is 0 Å². The quantitative estimate of drug-likeness (QED) is 0.804. The van der Waals surface area contributed by atoms with E-state index in [1.54, 1.807) is 0 Å². The molecule has 0 unspecified atom stereocenters. The van der Waals surface area contributed by atoms with Crippen molar-refractivity contribution in [2.24, 2.45) is 0 Å². The normalized spacial score (nSPS) is 10.4. The van der Waals surface area contributed by atoms with Gasteiger partial charge < -0.3 is 9.47 Å². The number of esters is 1. The fourth-order valence-electron chi connectivity index (χ4n) is 1.09. The van der Waals surface area contributed by atoms with Crippen molar-refractivity contribution in [3.8, 4) is 5.75 Å². The molecule has 1 aromatic heterocycles. The maximum Gasteiger partial charge on any atom is 0.357 e. The molecule has 0 saturated heterocycles. The van der Waals surface area contributed by atoms with Gasteiger partial charge in [0.2, 0.25) is 0 Å². The number of carbonyl (C=O) groups excluding carboxylic acids is 1. The van der Waals surface area contributed by atoms with E-state index in [-0.39, 0.29) is 21.5 Å². The number of ether oxygens (including phenoxy) is 2. The summed E-state index contributed by atoms with van der Waals surface area (Å²) in [5.41, 5.74) is -0.495. The van der Waals surface area contributed by atoms with E-state index in [2.05, 4.69) is 25.7 Å². The molecule has 0 aliphatic carbocycles. The van der Waals surface area contributed by atoms with Crippen LogP contribution in [0, 0.1) is 0 Å². The highest BCUT2D eigenvalue weighted by Crippen LogP contribution is 2.36. The molecule has 1 heterocycles. The summed E-state index contributed by atoms with van der Waals surface area (Å²) in [6.45, 7) is 0. The minimum absolute atomic E-state index is 0.0552. The highest BCUT2D eigenvalue weighted by atomic mass is 79.9. The fourth-order valence-corrected chi connectivity index (χ4v) is 1.74. The second-order valence-electron chi connectivity index (χ2n) is 2.70. The Balaban J connectivity index is 3.34. The number of hydrogen-bond acceptors (Lipinski definition) is 4. The Hall–Kier alpha value is -1.24. The molecule has 0 atom stereocenters. The van der Waals surface area contributed by atoms with E-state index in [1.165, 1.54) is 14.2 Å². The van der Waals surface area contributed by atoms with E-state index in [0.29, 0.717) is 0 Å². The molecule has 7 heteroatoms. The van der Waals surface area contributed by atoms with Crippen molar-refractivity contribution < 1.29 is 23.0 Å². The van der Waals surface area contributed by atoms with E-state index < -0.39 is 12.4 Å². The van der Waals surface area contributed by atoms with Crippen LogP contribution in [-0.2, 0) is 4.74 Å². The lowest BCUT2D eigenvalue weighted by atomic mass is 10.2. The molecule has 0 saturated carbocycles. The van der Waals surface area contributed by atoms with Crippen molar-refractivity contribution in [2.45, 2.75) is 6.43 Å². The van der Waals surface area contributed by atoms with Gasteiger partial charge in [-0.3, -0.25) is 0 Å². The van der Waals surface area contributed by atoms with Gasteiger partial charge >= 0.3 is 5.97 Å². The zero-order valence-corrected chi connectivity index (χ0v) is 10.0. The lowest BCUT2D eigenvalue weighted by Crippen LogP contribution is -2.08. The molecule has 0 aliphatic heterocycles. The Bertz CT molecular complexity index is 412. The van der Waals surface area contributed by atoms with Crippen LogP contribution in [0.15, 0.2) is 10.7 Å². The summed E-state index contributed by atoms with van der Waals surface area (Å²) < 4.78 is 34.4. The number of methoxy groups -OCH3 is 2. The summed E-state index contributed by atoms with van der Waals surface area (Å²) in [7, 11) is 2.40. The molecule has 0 aliphatic rings. The molecular formula is C9H8BrF2NO3. The lowest BCUT2D eigenvalue weighted by Gasteiger charge is -2.11. The molecule has 1 aromatic rings. The summed E-state index contributed by atoms with van der Waals surface area (Å²) >= 11 is 2.98. The molecule has 0 fully saturated rings. The van der Waals surface area contributed by atoms with E-state index in [9.17, 15) is 13.6 Å². The molecule has 0 amide bonds. The Kier molecular flexibility index (Phi) is 4.17. The van der Waals surface area contributed by atoms with Gasteiger partial charge in [-0.05, 0) is 15.9 Å². The minimum atomic E-state index is -2.73. The molecule has 0 N–H and O–H groups in total. The average molecular weight is 296 g/mol. The third-order valence-electron chi connectivity index (χ3n) is 1.82. The van der Waals surface area contributed by atoms with Crippen LogP contribution >= 0.6 is 15.9 Å². The summed E-state index contributed by atoms with van der Waals surface area (Å²) in [4.78, 5) is 14.8. The second-order valence-corrected chi connectivity index (χ2v) is 3.49. The first-order chi connectivity index (χ1) is 7.52. The number of rotatable bonds is 3. The van der Waals surface area contributed by atoms with Gasteiger partial charge in [0.1, 0.15) is 5.75 Å². The topological polar surface area (TPSA) is 48.4 Å². The molecule has 16 heavy (non-hydrogen) atoms. The van der Waals surface area contributed by atoms with E-state index in [4.69, 9.17) is 4.74 Å². The number of nitrogens with zero attached hydrogens (tertiary/aromatic N) is 1. The van der Waals surface area contributed by atoms with Gasteiger partial charge in [-0.15, -0.1) is 0 Å². The number of hydrogen-bond donors (Lipinski definition) is 0. The predicted octanol–water partition coefficient (Wildman–Crippen LogP) is 2.58. The van der Waals surface area contributed by atoms with Crippen LogP contribution in [0.2, 0.25) is 0 Å². The standard InChI is InChI=1S/C9H8BrF2NO3/c1-15-7-4(8(11)12)3-13-6(5(7)10)9(14)16-2/h3,8H,1-2H3. The van der Waals surface area contributed by atoms with Crippen molar-refractivity contribution in [3.63, 3.8) is 0 Å². The maximum atomic E-state index is 12.6. The van der Waals surface area contributed by atoms with Gasteiger partial charge in [-0.25, -0.2) is 18.6 Å². The number of alkyl halides is 2. The predicted molar refractivity (Wildman–Crippen MR) is 54.8 cm³/mol. The van der Waals surface area contributed by atoms with Crippen molar-refractivity contribution in [3.05, 3.63) is 21.9 Å². The molecule has 0 radical (unpaired) electrons. The first kappa shape index (κ1) is 12.8. The van der Waals surface area contributed by atoms with Crippen LogP contribution in [0.25, 0.3) is 0 Å². The number of pyridine rings is 1. The Morgan fingerprint density at radius 2 is 2.12 bits per heavy atom. The van der Waals surface area contributed by atoms with Crippen molar-refractivity contribution in [2.75, 3.05) is 14.2 Å². The first-order valence-electron chi connectivity index (χ1n) is 4.11. The zero-order valence-electron chi connectivity index (χ0n) is 8.46. The molecule has 1 rings (SSSR count). The molecule has 0 bridgehead atoms. The Labute approximate surface area is 98.7 Å². The Morgan fingerprint density at radius 1 is 1.50 bits per heavy atom. The highest BCUT2D eigenvalue weighted by molar-refractivity contribution is 9.10. The fraction of sp³-hybridized carbons (Fsp3) is 0.333. The molecule has 0 aromatic carbocycles. The van der Waals surface area contributed by atoms with Crippen LogP contribution in [0.1, 0.15) is 22.5 Å². The number of carbonyl (C=O) groups is 1. The first-order valence-corrected chi connectivity index (χ1v) is 4.91. The third kappa shape index (κ3) is 2.29. The van der Waals surface area contributed by atoms with Crippen molar-refractivity contribution in [1.82, 2.24) is 4.98 Å². The monoisotopic (exact) mass is 295 g/mol. The molecule has 88 valence electrons. The summed E-state index contributed by atoms with van der Waals surface area (Å²) in [5, 5.41) is 0. The smallest absolute Gasteiger partial charge is 0.357 e. The molecular weight excluding hydrogens is 288 g/mol. The minimum Gasteiger partial charge on any atom is -0.495 e. The van der Waals surface area contributed by atoms with Crippen LogP contribution in [-0.4, -0.2) is 25.2 Å². The van der Waals surface area contributed by atoms with Crippen LogP contribution in [0.4, 0.5) is 8.78 Å². The van der Waals surface area contributed by atoms with Crippen molar-refractivity contribution in [1.29, 1.82) is 0 Å². The summed E-state index contributed by atoms with van der Waals surface area (Å²) in [5.74, 6) is -0.851. The number of halogens is 3. The average Bonchev–Trinajstić information content (AvgIpc) is 2.27. The molecule has 4 nitrogen and oxygen atoms in total. The second kappa shape index (κ2) is 5.20. The SMILES string of the molecule is COC(=O)c1ncc(C(F)F)c(OC)c1Br. The molecule has 0 spiro atoms. The van der Waals surface area contributed by atoms with Gasteiger partial charge in [0.15, 0.2) is 5.69 Å². The number of aromatic nitrogens is 1. The van der Waals surface area contributed by atoms with E-state index >= 15 is 0 Å². The van der Waals surface area contributed by atoms with Gasteiger partial charge in [0.05, 0.1) is 24.3 Å². The Morgan fingerprint density at radius 3 is 2.56 bits per heavy atom. The van der Waals surface area contributed by atoms with Gasteiger partial charge in [0.25, 0.3) is 6.43 Å². The summed E-state index contributed by atoms with van der Waals surface area (Å²) in [6, 6.07) is 0. The zero-order chi connectivity index (χ0) is 12.3. The van der Waals surface area contributed by atoms with Crippen LogP contribution in [0.5, 0.6) is 5.75 Å². The van der Waals surface area contributed by atoms with Gasteiger partial charge in [0, 0.05) is 6.20 Å². The van der Waals surface area contributed by atoms with E-state index in [1.807, 2.05) is 0 Å². The highest BCUT2D eigenvalue weighted by Gasteiger charge is 2.23. The largest absolute Gasteiger partial charge is 0.495 e. The van der Waals surface area contributed by atoms with Crippen molar-refractivity contribution >= 4 is 21.9 Å². The van der Waals surface area contributed by atoms with Crippen LogP contribution in [0.3, 0.4) is 0 Å². The van der Waals surface area contributed by atoms with Crippen LogP contribution < -0.4 is 4.74 Å². The van der Waals surface area contributed by atoms with E-state index in [0.717, 1.165) is 6.20 Å². The van der Waals surface area contributed by atoms with Gasteiger partial charge in [-0.1, -0.05) is 0 Å². The summed E-state index contributed by atoms with van der Waals surface area (Å²) in [6.07, 6.45) is -1.84.